The Morgan fingerprint density at radius 3 is 2.59 bits per heavy atom. The molecule has 0 saturated carbocycles. The molecular weight excluding hydrogens is 510 g/mol. The van der Waals surface area contributed by atoms with E-state index in [4.69, 9.17) is 21.1 Å². The summed E-state index contributed by atoms with van der Waals surface area (Å²) in [5.41, 5.74) is 2.59. The molecule has 200 valence electrons. The van der Waals surface area contributed by atoms with Crippen molar-refractivity contribution in [2.45, 2.75) is 66.4 Å². The molecule has 2 atom stereocenters. The molecule has 0 radical (unpaired) electrons. The van der Waals surface area contributed by atoms with E-state index in [-0.39, 0.29) is 11.5 Å². The number of aryl methyl sites for hydroxylation is 2. The predicted octanol–water partition coefficient (Wildman–Crippen LogP) is 6.76. The average molecular weight is 546 g/mol. The molecule has 1 aliphatic heterocycles. The van der Waals surface area contributed by atoms with E-state index in [1.165, 1.54) is 50.1 Å². The summed E-state index contributed by atoms with van der Waals surface area (Å²) in [6, 6.07) is 3.45. The number of carbonyl (C=O) groups excluding carboxylic acids is 1. The molecule has 1 aliphatic rings. The molecule has 3 aromatic heterocycles. The summed E-state index contributed by atoms with van der Waals surface area (Å²) in [6.07, 6.45) is 6.93. The van der Waals surface area contributed by atoms with Crippen LogP contribution in [0.4, 0.5) is 5.13 Å². The number of halogens is 1. The van der Waals surface area contributed by atoms with Crippen LogP contribution >= 0.6 is 22.9 Å². The van der Waals surface area contributed by atoms with Crippen molar-refractivity contribution in [1.29, 1.82) is 0 Å². The Balaban J connectivity index is 0.000000266. The molecule has 37 heavy (non-hydrogen) atoms. The normalized spacial score (nSPS) is 17.0. The summed E-state index contributed by atoms with van der Waals surface area (Å²) in [4.78, 5) is 21.0. The quantitative estimate of drug-likeness (QED) is 0.327. The van der Waals surface area contributed by atoms with Crippen LogP contribution in [-0.2, 0) is 4.74 Å². The number of nitrogens with one attached hydrogen (secondary N) is 1. The van der Waals surface area contributed by atoms with Crippen LogP contribution in [0.1, 0.15) is 68.0 Å². The molecule has 1 saturated heterocycles. The van der Waals surface area contributed by atoms with Crippen molar-refractivity contribution in [3.8, 4) is 16.9 Å². The Labute approximate surface area is 228 Å². The Bertz CT molecular complexity index is 1220. The number of hydrogen-bond donors (Lipinski definition) is 1. The van der Waals surface area contributed by atoms with Gasteiger partial charge in [-0.3, -0.25) is 15.1 Å². The third kappa shape index (κ3) is 8.18. The van der Waals surface area contributed by atoms with Gasteiger partial charge in [0.05, 0.1) is 31.1 Å². The second kappa shape index (κ2) is 12.8. The summed E-state index contributed by atoms with van der Waals surface area (Å²) in [5.74, 6) is 1.85. The van der Waals surface area contributed by atoms with Crippen molar-refractivity contribution in [3.63, 3.8) is 0 Å². The van der Waals surface area contributed by atoms with Gasteiger partial charge < -0.3 is 9.47 Å². The molecular formula is C27H36ClN5O3S. The van der Waals surface area contributed by atoms with E-state index in [0.29, 0.717) is 32.7 Å². The zero-order valence-electron chi connectivity index (χ0n) is 22.6. The van der Waals surface area contributed by atoms with Gasteiger partial charge in [0.1, 0.15) is 15.9 Å². The van der Waals surface area contributed by atoms with E-state index in [2.05, 4.69) is 53.2 Å². The number of anilines is 1. The van der Waals surface area contributed by atoms with E-state index < -0.39 is 0 Å². The molecule has 2 unspecified atom stereocenters. The van der Waals surface area contributed by atoms with Gasteiger partial charge in [-0.25, -0.2) is 4.98 Å². The maximum atomic E-state index is 12.7. The van der Waals surface area contributed by atoms with E-state index >= 15 is 0 Å². The number of aromatic nitrogens is 4. The zero-order valence-corrected chi connectivity index (χ0v) is 24.2. The number of pyridine rings is 2. The number of ether oxygens (including phenoxy) is 2. The Morgan fingerprint density at radius 1 is 1.24 bits per heavy atom. The molecule has 4 heterocycles. The lowest BCUT2D eigenvalue weighted by Gasteiger charge is -2.16. The monoisotopic (exact) mass is 545 g/mol. The minimum Gasteiger partial charge on any atom is -0.494 e. The van der Waals surface area contributed by atoms with Gasteiger partial charge >= 0.3 is 0 Å². The number of carbonyl (C=O) groups is 1. The Morgan fingerprint density at radius 2 is 2.00 bits per heavy atom. The van der Waals surface area contributed by atoms with Crippen LogP contribution in [0.3, 0.4) is 0 Å². The number of amides is 1. The van der Waals surface area contributed by atoms with E-state index in [1.807, 2.05) is 13.8 Å². The van der Waals surface area contributed by atoms with Gasteiger partial charge in [0.25, 0.3) is 5.91 Å². The highest BCUT2D eigenvalue weighted by Gasteiger charge is 2.32. The highest BCUT2D eigenvalue weighted by Crippen LogP contribution is 2.35. The molecule has 1 N–H and O–H groups in total. The lowest BCUT2D eigenvalue weighted by Crippen LogP contribution is -2.16. The standard InChI is InChI=1S/C16H14ClN5O2S.C11H22O/c1-8-4-10(11-5-14(17)19-7-13(11)24-3)12(6-18-8)15(23)20-16-22-21-9(2)25-16;1-5-9(2)6-10-7-11(3,4)12-8-10/h4-7H,1-3H3,(H,20,22,23);9-10H,5-8H2,1-4H3. The molecule has 0 aliphatic carbocycles. The zero-order chi connectivity index (χ0) is 27.2. The van der Waals surface area contributed by atoms with Crippen molar-refractivity contribution in [2.24, 2.45) is 11.8 Å². The predicted molar refractivity (Wildman–Crippen MR) is 149 cm³/mol. The molecule has 0 spiro atoms. The third-order valence-corrected chi connectivity index (χ3v) is 7.26. The molecule has 10 heteroatoms. The van der Waals surface area contributed by atoms with Crippen molar-refractivity contribution < 1.29 is 14.3 Å². The van der Waals surface area contributed by atoms with Gasteiger partial charge in [0.15, 0.2) is 0 Å². The minimum atomic E-state index is -0.339. The second-order valence-electron chi connectivity index (χ2n) is 10.0. The van der Waals surface area contributed by atoms with E-state index in [1.54, 1.807) is 12.1 Å². The van der Waals surface area contributed by atoms with Crippen LogP contribution in [0.2, 0.25) is 5.15 Å². The average Bonchev–Trinajstić information content (AvgIpc) is 3.42. The van der Waals surface area contributed by atoms with E-state index in [9.17, 15) is 4.79 Å². The van der Waals surface area contributed by atoms with Crippen LogP contribution in [0.25, 0.3) is 11.1 Å². The van der Waals surface area contributed by atoms with Crippen LogP contribution < -0.4 is 10.1 Å². The van der Waals surface area contributed by atoms with Crippen LogP contribution in [-0.4, -0.2) is 45.4 Å². The fourth-order valence-electron chi connectivity index (χ4n) is 4.31. The number of methoxy groups -OCH3 is 1. The first kappa shape index (κ1) is 28.9. The van der Waals surface area contributed by atoms with Crippen molar-refractivity contribution >= 4 is 34.0 Å². The summed E-state index contributed by atoms with van der Waals surface area (Å²) in [6.45, 7) is 13.6. The lowest BCUT2D eigenvalue weighted by molar-refractivity contribution is 0.0346. The van der Waals surface area contributed by atoms with Gasteiger partial charge in [0.2, 0.25) is 5.13 Å². The molecule has 1 fully saturated rings. The Kier molecular flexibility index (Phi) is 9.98. The van der Waals surface area contributed by atoms with Gasteiger partial charge in [-0.1, -0.05) is 43.2 Å². The summed E-state index contributed by atoms with van der Waals surface area (Å²) in [5, 5.41) is 12.0. The Hall–Kier alpha value is -2.62. The maximum absolute atomic E-state index is 12.7. The van der Waals surface area contributed by atoms with Crippen molar-refractivity contribution in [1.82, 2.24) is 20.2 Å². The van der Waals surface area contributed by atoms with Crippen molar-refractivity contribution in [2.75, 3.05) is 19.0 Å². The molecule has 1 amide bonds. The first-order valence-electron chi connectivity index (χ1n) is 12.4. The lowest BCUT2D eigenvalue weighted by atomic mass is 9.89. The SMILES string of the molecule is CCC(C)CC1COC(C)(C)C1.COc1cnc(Cl)cc1-c1cc(C)ncc1C(=O)Nc1nnc(C)s1. The smallest absolute Gasteiger partial charge is 0.259 e. The highest BCUT2D eigenvalue weighted by atomic mass is 35.5. The molecule has 0 bridgehead atoms. The summed E-state index contributed by atoms with van der Waals surface area (Å²) >= 11 is 7.32. The van der Waals surface area contributed by atoms with Gasteiger partial charge in [-0.05, 0) is 64.5 Å². The van der Waals surface area contributed by atoms with Gasteiger partial charge in [0, 0.05) is 23.0 Å². The maximum Gasteiger partial charge on any atom is 0.259 e. The summed E-state index contributed by atoms with van der Waals surface area (Å²) in [7, 11) is 1.53. The van der Waals surface area contributed by atoms with Gasteiger partial charge in [-0.2, -0.15) is 0 Å². The fourth-order valence-corrected chi connectivity index (χ4v) is 5.05. The number of nitrogens with zero attached hydrogens (tertiary/aromatic N) is 4. The van der Waals surface area contributed by atoms with Crippen LogP contribution in [0.5, 0.6) is 5.75 Å². The summed E-state index contributed by atoms with van der Waals surface area (Å²) < 4.78 is 11.1. The minimum absolute atomic E-state index is 0.151. The molecule has 4 rings (SSSR count). The first-order valence-corrected chi connectivity index (χ1v) is 13.6. The molecule has 8 nitrogen and oxygen atoms in total. The highest BCUT2D eigenvalue weighted by molar-refractivity contribution is 7.15. The largest absolute Gasteiger partial charge is 0.494 e. The number of rotatable bonds is 7. The van der Waals surface area contributed by atoms with E-state index in [0.717, 1.165) is 29.1 Å². The number of hydrogen-bond acceptors (Lipinski definition) is 8. The molecule has 0 aromatic carbocycles. The van der Waals surface area contributed by atoms with Gasteiger partial charge in [-0.15, -0.1) is 10.2 Å². The fraction of sp³-hybridized carbons (Fsp3) is 0.519. The third-order valence-electron chi connectivity index (χ3n) is 6.30. The second-order valence-corrected chi connectivity index (χ2v) is 11.6. The topological polar surface area (TPSA) is 99.1 Å². The van der Waals surface area contributed by atoms with Crippen molar-refractivity contribution in [3.05, 3.63) is 45.9 Å². The first-order chi connectivity index (χ1) is 17.5. The van der Waals surface area contributed by atoms with Crippen LogP contribution in [0.15, 0.2) is 24.5 Å². The molecule has 3 aromatic rings. The van der Waals surface area contributed by atoms with Crippen LogP contribution in [0, 0.1) is 25.7 Å².